The van der Waals surface area contributed by atoms with Crippen molar-refractivity contribution in [3.05, 3.63) is 54.4 Å². The van der Waals surface area contributed by atoms with Crippen LogP contribution >= 0.6 is 0 Å². The minimum Gasteiger partial charge on any atom is -0.487 e. The molecular weight excluding hydrogens is 458 g/mol. The highest BCUT2D eigenvalue weighted by Crippen LogP contribution is 2.30. The van der Waals surface area contributed by atoms with E-state index in [0.717, 1.165) is 10.8 Å². The van der Waals surface area contributed by atoms with Crippen LogP contribution in [-0.2, 0) is 39.9 Å². The summed E-state index contributed by atoms with van der Waals surface area (Å²) in [7, 11) is 0. The Morgan fingerprint density at radius 2 is 1.63 bits per heavy atom. The molecule has 184 valence electrons. The quantitative estimate of drug-likeness (QED) is 0.365. The fourth-order valence-corrected chi connectivity index (χ4v) is 3.87. The van der Waals surface area contributed by atoms with Gasteiger partial charge in [0.05, 0.1) is 12.8 Å². The van der Waals surface area contributed by atoms with E-state index in [0.29, 0.717) is 11.4 Å². The van der Waals surface area contributed by atoms with E-state index >= 15 is 0 Å². The molecule has 1 aromatic heterocycles. The van der Waals surface area contributed by atoms with Crippen molar-refractivity contribution in [1.29, 1.82) is 0 Å². The summed E-state index contributed by atoms with van der Waals surface area (Å²) in [5.41, 5.74) is 0.495. The summed E-state index contributed by atoms with van der Waals surface area (Å²) >= 11 is 0. The molecule has 0 unspecified atom stereocenters. The van der Waals surface area contributed by atoms with Gasteiger partial charge in [-0.05, 0) is 22.9 Å². The zero-order valence-electron chi connectivity index (χ0n) is 19.5. The molecule has 0 saturated carbocycles. The number of aromatic nitrogens is 3. The van der Waals surface area contributed by atoms with E-state index in [2.05, 4.69) is 10.3 Å². The Bertz CT molecular complexity index is 1230. The van der Waals surface area contributed by atoms with Gasteiger partial charge in [0.2, 0.25) is 0 Å². The van der Waals surface area contributed by atoms with Gasteiger partial charge in [-0.15, -0.1) is 5.10 Å². The molecule has 1 aliphatic rings. The van der Waals surface area contributed by atoms with Crippen LogP contribution in [0.5, 0.6) is 5.75 Å². The third-order valence-corrected chi connectivity index (χ3v) is 5.25. The summed E-state index contributed by atoms with van der Waals surface area (Å²) in [5.74, 6) is -1.19. The lowest BCUT2D eigenvalue weighted by Crippen LogP contribution is -2.55. The van der Waals surface area contributed by atoms with Gasteiger partial charge in [0, 0.05) is 20.8 Å². The average Bonchev–Trinajstić information content (AvgIpc) is 3.27. The number of hydrogen-bond donors (Lipinski definition) is 0. The second kappa shape index (κ2) is 10.5. The first-order valence-corrected chi connectivity index (χ1v) is 11.0. The molecule has 3 aromatic rings. The van der Waals surface area contributed by atoms with Gasteiger partial charge in [-0.3, -0.25) is 14.4 Å². The Balaban J connectivity index is 1.51. The van der Waals surface area contributed by atoms with Crippen molar-refractivity contribution in [3.8, 4) is 5.75 Å². The van der Waals surface area contributed by atoms with Crippen LogP contribution in [0.1, 0.15) is 32.7 Å². The van der Waals surface area contributed by atoms with Gasteiger partial charge in [0.15, 0.2) is 24.5 Å². The van der Waals surface area contributed by atoms with Gasteiger partial charge in [-0.2, -0.15) is 0 Å². The molecule has 4 atom stereocenters. The van der Waals surface area contributed by atoms with E-state index in [1.54, 1.807) is 6.20 Å². The van der Waals surface area contributed by atoms with Crippen LogP contribution in [0.2, 0.25) is 0 Å². The largest absolute Gasteiger partial charge is 0.487 e. The molecule has 1 aliphatic heterocycles. The van der Waals surface area contributed by atoms with Crippen LogP contribution in [0.3, 0.4) is 0 Å². The second-order valence-corrected chi connectivity index (χ2v) is 8.01. The molecular formula is C24H25N3O8. The molecule has 0 amide bonds. The van der Waals surface area contributed by atoms with Crippen molar-refractivity contribution in [2.24, 2.45) is 0 Å². The van der Waals surface area contributed by atoms with E-state index in [9.17, 15) is 14.4 Å². The fraction of sp³-hybridized carbons (Fsp3) is 0.375. The SMILES string of the molecule is CC(=O)O[C@@H]1[C@@H](OC(C)=O)[C@H](OC(C)=O)CO[C@H]1n1cc(COc2ccc3ccccc3c2)nn1. The number of ether oxygens (including phenoxy) is 5. The Morgan fingerprint density at radius 3 is 2.34 bits per heavy atom. The topological polar surface area (TPSA) is 128 Å². The summed E-state index contributed by atoms with van der Waals surface area (Å²) in [5, 5.41) is 10.3. The van der Waals surface area contributed by atoms with Crippen LogP contribution in [0.4, 0.5) is 0 Å². The van der Waals surface area contributed by atoms with Crippen LogP contribution in [0.25, 0.3) is 10.8 Å². The van der Waals surface area contributed by atoms with Gasteiger partial charge < -0.3 is 23.7 Å². The third kappa shape index (κ3) is 5.93. The van der Waals surface area contributed by atoms with E-state index in [-0.39, 0.29) is 13.2 Å². The molecule has 1 saturated heterocycles. The van der Waals surface area contributed by atoms with Crippen LogP contribution in [0.15, 0.2) is 48.7 Å². The van der Waals surface area contributed by atoms with Gasteiger partial charge >= 0.3 is 17.9 Å². The molecule has 0 bridgehead atoms. The zero-order valence-corrected chi connectivity index (χ0v) is 19.5. The maximum Gasteiger partial charge on any atom is 0.303 e. The number of nitrogens with zero attached hydrogens (tertiary/aromatic N) is 3. The molecule has 2 heterocycles. The highest BCUT2D eigenvalue weighted by atomic mass is 16.6. The number of fused-ring (bicyclic) bond motifs is 1. The summed E-state index contributed by atoms with van der Waals surface area (Å²) < 4.78 is 29.0. The molecule has 4 rings (SSSR count). The lowest BCUT2D eigenvalue weighted by molar-refractivity contribution is -0.241. The standard InChI is InChI=1S/C24H25N3O8/c1-14(28)33-21-13-32-24(23(35-16(3)30)22(21)34-15(2)29)27-11-19(25-26-27)12-31-20-9-8-17-6-4-5-7-18(17)10-20/h4-11,21-24H,12-13H2,1-3H3/t21-,22+,23-,24-/m1/s1. The number of carbonyl (C=O) groups is 3. The Hall–Kier alpha value is -3.99. The number of esters is 3. The Morgan fingerprint density at radius 1 is 0.943 bits per heavy atom. The van der Waals surface area contributed by atoms with E-state index in [1.807, 2.05) is 42.5 Å². The minimum absolute atomic E-state index is 0.108. The van der Waals surface area contributed by atoms with Gasteiger partial charge in [0.25, 0.3) is 0 Å². The third-order valence-electron chi connectivity index (χ3n) is 5.25. The van der Waals surface area contributed by atoms with E-state index in [1.165, 1.54) is 25.5 Å². The van der Waals surface area contributed by atoms with Gasteiger partial charge in [-0.25, -0.2) is 4.68 Å². The smallest absolute Gasteiger partial charge is 0.303 e. The molecule has 0 radical (unpaired) electrons. The van der Waals surface area contributed by atoms with Crippen LogP contribution < -0.4 is 4.74 Å². The van der Waals surface area contributed by atoms with Crippen molar-refractivity contribution in [3.63, 3.8) is 0 Å². The molecule has 1 fully saturated rings. The molecule has 35 heavy (non-hydrogen) atoms. The molecule has 0 spiro atoms. The lowest BCUT2D eigenvalue weighted by atomic mass is 10.0. The number of hydrogen-bond acceptors (Lipinski definition) is 10. The first kappa shape index (κ1) is 24.1. The number of carbonyl (C=O) groups excluding carboxylic acids is 3. The average molecular weight is 483 g/mol. The fourth-order valence-electron chi connectivity index (χ4n) is 3.87. The predicted molar refractivity (Wildman–Crippen MR) is 120 cm³/mol. The van der Waals surface area contributed by atoms with Crippen molar-refractivity contribution < 1.29 is 38.1 Å². The van der Waals surface area contributed by atoms with Crippen molar-refractivity contribution in [2.45, 2.75) is 51.9 Å². The maximum atomic E-state index is 11.8. The van der Waals surface area contributed by atoms with Crippen molar-refractivity contribution in [2.75, 3.05) is 6.61 Å². The highest BCUT2D eigenvalue weighted by molar-refractivity contribution is 5.83. The summed E-state index contributed by atoms with van der Waals surface area (Å²) in [6.45, 7) is 3.66. The Labute approximate surface area is 200 Å². The summed E-state index contributed by atoms with van der Waals surface area (Å²) in [6, 6.07) is 13.7. The first-order valence-electron chi connectivity index (χ1n) is 11.0. The highest BCUT2D eigenvalue weighted by Gasteiger charge is 2.48. The van der Waals surface area contributed by atoms with Gasteiger partial charge in [-0.1, -0.05) is 35.5 Å². The van der Waals surface area contributed by atoms with Gasteiger partial charge in [0.1, 0.15) is 18.1 Å². The Kier molecular flexibility index (Phi) is 7.25. The van der Waals surface area contributed by atoms with E-state index < -0.39 is 42.4 Å². The number of benzene rings is 2. The molecule has 0 N–H and O–H groups in total. The molecule has 0 aliphatic carbocycles. The predicted octanol–water partition coefficient (Wildman–Crippen LogP) is 2.33. The minimum atomic E-state index is -1.13. The van der Waals surface area contributed by atoms with Crippen molar-refractivity contribution in [1.82, 2.24) is 15.0 Å². The monoisotopic (exact) mass is 483 g/mol. The molecule has 11 nitrogen and oxygen atoms in total. The zero-order chi connectivity index (χ0) is 24.9. The molecule has 11 heteroatoms. The maximum absolute atomic E-state index is 11.8. The molecule has 2 aromatic carbocycles. The lowest BCUT2D eigenvalue weighted by Gasteiger charge is -2.40. The van der Waals surface area contributed by atoms with Crippen LogP contribution in [0, 0.1) is 0 Å². The second-order valence-electron chi connectivity index (χ2n) is 8.01. The normalized spacial score (nSPS) is 21.8. The summed E-state index contributed by atoms with van der Waals surface area (Å²) in [6.07, 6.45) is -2.58. The number of rotatable bonds is 7. The summed E-state index contributed by atoms with van der Waals surface area (Å²) in [4.78, 5) is 35.1. The van der Waals surface area contributed by atoms with Crippen molar-refractivity contribution >= 4 is 28.7 Å². The van der Waals surface area contributed by atoms with Crippen LogP contribution in [-0.4, -0.2) is 57.8 Å². The van der Waals surface area contributed by atoms with E-state index in [4.69, 9.17) is 23.7 Å². The first-order chi connectivity index (χ1) is 16.8.